The Labute approximate surface area is 154 Å². The summed E-state index contributed by atoms with van der Waals surface area (Å²) in [5, 5.41) is 2.90. The van der Waals surface area contributed by atoms with Crippen molar-refractivity contribution in [1.82, 2.24) is 5.32 Å². The molecule has 0 radical (unpaired) electrons. The normalized spacial score (nSPS) is 18.5. The fourth-order valence-electron chi connectivity index (χ4n) is 2.70. The van der Waals surface area contributed by atoms with Crippen molar-refractivity contribution in [1.29, 1.82) is 0 Å². The van der Waals surface area contributed by atoms with Crippen LogP contribution in [-0.2, 0) is 0 Å². The fraction of sp³-hybridized carbons (Fsp3) is 0.533. The van der Waals surface area contributed by atoms with Gasteiger partial charge in [-0.1, -0.05) is 50.7 Å². The van der Waals surface area contributed by atoms with Gasteiger partial charge in [0, 0.05) is 10.0 Å². The molecule has 1 atom stereocenters. The maximum absolute atomic E-state index is 12.4. The number of hydrogen-bond acceptors (Lipinski definition) is 1. The van der Waals surface area contributed by atoms with Crippen molar-refractivity contribution < 1.29 is 9.69 Å². The van der Waals surface area contributed by atoms with Gasteiger partial charge in [0.25, 0.3) is 9.70 Å². The van der Waals surface area contributed by atoms with Crippen molar-refractivity contribution in [3.8, 4) is 0 Å². The highest BCUT2D eigenvalue weighted by Gasteiger charge is 2.42. The number of halogens is 4. The molecule has 122 valence electrons. The first-order valence-electron chi connectivity index (χ1n) is 7.35. The van der Waals surface area contributed by atoms with E-state index in [1.165, 1.54) is 12.8 Å². The van der Waals surface area contributed by atoms with Crippen molar-refractivity contribution >= 4 is 56.6 Å². The second-order valence-corrected chi connectivity index (χ2v) is 8.81. The summed E-state index contributed by atoms with van der Waals surface area (Å²) in [7, 11) is 0. The Kier molecular flexibility index (Phi) is 6.84. The molecule has 1 amide bonds. The number of alkyl halides is 3. The van der Waals surface area contributed by atoms with Crippen LogP contribution in [0, 0.1) is 0 Å². The van der Waals surface area contributed by atoms with E-state index in [1.54, 1.807) is 12.1 Å². The minimum absolute atomic E-state index is 0.222. The molecule has 1 aromatic rings. The van der Waals surface area contributed by atoms with E-state index in [2.05, 4.69) is 21.2 Å². The molecule has 1 unspecified atom stereocenters. The lowest BCUT2D eigenvalue weighted by Gasteiger charge is -2.32. The molecule has 1 aliphatic rings. The zero-order chi connectivity index (χ0) is 16.2. The van der Waals surface area contributed by atoms with Gasteiger partial charge in [-0.05, 0) is 49.9 Å². The van der Waals surface area contributed by atoms with Gasteiger partial charge in [0.05, 0.1) is 13.1 Å². The van der Waals surface area contributed by atoms with E-state index in [4.69, 9.17) is 34.8 Å². The summed E-state index contributed by atoms with van der Waals surface area (Å²) >= 11 is 21.7. The second kappa shape index (κ2) is 8.20. The number of benzene rings is 1. The van der Waals surface area contributed by atoms with Gasteiger partial charge in [0.15, 0.2) is 0 Å². The maximum atomic E-state index is 12.4. The fourth-order valence-corrected chi connectivity index (χ4v) is 3.59. The first-order valence-corrected chi connectivity index (χ1v) is 9.28. The zero-order valence-corrected chi connectivity index (χ0v) is 15.9. The number of rotatable bonds is 3. The van der Waals surface area contributed by atoms with E-state index in [-0.39, 0.29) is 5.91 Å². The monoisotopic (exact) mass is 427 g/mol. The number of likely N-dealkylation sites (tertiary alicyclic amines) is 1. The maximum Gasteiger partial charge on any atom is 0.262 e. The van der Waals surface area contributed by atoms with Crippen molar-refractivity contribution in [2.24, 2.45) is 0 Å². The summed E-state index contributed by atoms with van der Waals surface area (Å²) in [6.07, 6.45) is 4.00. The molecule has 22 heavy (non-hydrogen) atoms. The smallest absolute Gasteiger partial charge is 0.262 e. The highest BCUT2D eigenvalue weighted by Crippen LogP contribution is 2.28. The third kappa shape index (κ3) is 5.27. The number of carbonyl (C=O) groups excluding carboxylic acids is 1. The quantitative estimate of drug-likeness (QED) is 0.710. The minimum atomic E-state index is -1.54. The molecule has 2 N–H and O–H groups in total. The van der Waals surface area contributed by atoms with Crippen LogP contribution in [0.25, 0.3) is 0 Å². The lowest BCUT2D eigenvalue weighted by Crippen LogP contribution is -3.19. The molecule has 0 bridgehead atoms. The summed E-state index contributed by atoms with van der Waals surface area (Å²) < 4.78 is -0.620. The molecule has 3 nitrogen and oxygen atoms in total. The minimum Gasteiger partial charge on any atom is -0.312 e. The first-order chi connectivity index (χ1) is 10.4. The number of carbonyl (C=O) groups is 1. The van der Waals surface area contributed by atoms with Crippen LogP contribution in [0.3, 0.4) is 0 Å². The highest BCUT2D eigenvalue weighted by atomic mass is 79.9. The van der Waals surface area contributed by atoms with Gasteiger partial charge in [-0.3, -0.25) is 10.1 Å². The van der Waals surface area contributed by atoms with Gasteiger partial charge in [-0.2, -0.15) is 0 Å². The van der Waals surface area contributed by atoms with Crippen LogP contribution in [0.5, 0.6) is 0 Å². The Bertz CT molecular complexity index is 497. The van der Waals surface area contributed by atoms with Crippen LogP contribution in [0.1, 0.15) is 36.0 Å². The Hall–Kier alpha value is -0.000000000000000167. The van der Waals surface area contributed by atoms with Crippen LogP contribution >= 0.6 is 50.7 Å². The van der Waals surface area contributed by atoms with Gasteiger partial charge in [-0.15, -0.1) is 0 Å². The van der Waals surface area contributed by atoms with Crippen molar-refractivity contribution in [3.05, 3.63) is 34.3 Å². The van der Waals surface area contributed by atoms with Crippen LogP contribution in [-0.4, -0.2) is 29.0 Å². The molecule has 1 aliphatic heterocycles. The van der Waals surface area contributed by atoms with E-state index >= 15 is 0 Å². The largest absolute Gasteiger partial charge is 0.312 e. The zero-order valence-electron chi connectivity index (χ0n) is 12.0. The summed E-state index contributed by atoms with van der Waals surface area (Å²) in [6.45, 7) is 1.80. The summed E-state index contributed by atoms with van der Waals surface area (Å²) in [5.74, 6) is -0.222. The predicted molar refractivity (Wildman–Crippen MR) is 94.9 cm³/mol. The van der Waals surface area contributed by atoms with E-state index in [0.29, 0.717) is 5.56 Å². The summed E-state index contributed by atoms with van der Waals surface area (Å²) in [6, 6.07) is 7.12. The van der Waals surface area contributed by atoms with E-state index < -0.39 is 9.96 Å². The van der Waals surface area contributed by atoms with Crippen LogP contribution in [0.2, 0.25) is 0 Å². The number of quaternary nitrogens is 1. The van der Waals surface area contributed by atoms with Crippen LogP contribution in [0.4, 0.5) is 0 Å². The molecular weight excluding hydrogens is 410 g/mol. The Morgan fingerprint density at radius 1 is 1.09 bits per heavy atom. The van der Waals surface area contributed by atoms with Gasteiger partial charge in [0.2, 0.25) is 6.17 Å². The molecule has 1 aromatic carbocycles. The SMILES string of the molecule is O=C(NC([NH+]1CCCCCC1)C(Cl)(Cl)Cl)c1ccc(Br)cc1. The molecule has 7 heteroatoms. The number of amides is 1. The third-order valence-corrected chi connectivity index (χ3v) is 5.05. The van der Waals surface area contributed by atoms with Gasteiger partial charge in [-0.25, -0.2) is 0 Å². The van der Waals surface area contributed by atoms with E-state index in [9.17, 15) is 4.79 Å². The standard InChI is InChI=1S/C15H18BrCl3N2O/c16-12-7-5-11(6-8-12)13(22)20-14(15(17,18)19)21-9-3-1-2-4-10-21/h5-8,14H,1-4,9-10H2,(H,20,22)/p+1. The van der Waals surface area contributed by atoms with Gasteiger partial charge >= 0.3 is 0 Å². The average Bonchev–Trinajstić information content (AvgIpc) is 2.73. The van der Waals surface area contributed by atoms with Crippen molar-refractivity contribution in [3.63, 3.8) is 0 Å². The van der Waals surface area contributed by atoms with Crippen LogP contribution in [0.15, 0.2) is 28.7 Å². The van der Waals surface area contributed by atoms with Gasteiger partial charge < -0.3 is 4.90 Å². The first kappa shape index (κ1) is 18.3. The molecule has 0 spiro atoms. The highest BCUT2D eigenvalue weighted by molar-refractivity contribution is 9.10. The summed E-state index contributed by atoms with van der Waals surface area (Å²) in [5.41, 5.74) is 0.552. The number of nitrogens with one attached hydrogen (secondary N) is 2. The Morgan fingerprint density at radius 2 is 1.64 bits per heavy atom. The molecule has 1 heterocycles. The Balaban J connectivity index is 2.12. The molecule has 0 aliphatic carbocycles. The molecule has 2 rings (SSSR count). The number of hydrogen-bond donors (Lipinski definition) is 2. The van der Waals surface area contributed by atoms with E-state index in [1.807, 2.05) is 12.1 Å². The van der Waals surface area contributed by atoms with Crippen molar-refractivity contribution in [2.45, 2.75) is 35.6 Å². The van der Waals surface area contributed by atoms with E-state index in [0.717, 1.165) is 35.3 Å². The predicted octanol–water partition coefficient (Wildman–Crippen LogP) is 3.33. The molecule has 1 fully saturated rings. The van der Waals surface area contributed by atoms with Crippen molar-refractivity contribution in [2.75, 3.05) is 13.1 Å². The topological polar surface area (TPSA) is 33.5 Å². The third-order valence-electron chi connectivity index (χ3n) is 3.86. The molecule has 0 saturated carbocycles. The lowest BCUT2D eigenvalue weighted by atomic mass is 10.2. The average molecular weight is 430 g/mol. The molecular formula is C15H19BrCl3N2O+. The van der Waals surface area contributed by atoms with Crippen LogP contribution < -0.4 is 10.2 Å². The second-order valence-electron chi connectivity index (χ2n) is 5.53. The molecule has 1 saturated heterocycles. The Morgan fingerprint density at radius 3 is 2.14 bits per heavy atom. The lowest BCUT2D eigenvalue weighted by molar-refractivity contribution is -0.926. The van der Waals surface area contributed by atoms with Gasteiger partial charge in [0.1, 0.15) is 0 Å². The molecule has 0 aromatic heterocycles. The summed E-state index contributed by atoms with van der Waals surface area (Å²) in [4.78, 5) is 13.6.